The van der Waals surface area contributed by atoms with Gasteiger partial charge in [0.05, 0.1) is 0 Å². The van der Waals surface area contributed by atoms with Crippen LogP contribution in [0, 0.1) is 10.8 Å². The van der Waals surface area contributed by atoms with Crippen LogP contribution >= 0.6 is 0 Å². The SMILES string of the molecule is O=NC(=O)C1C=CCCC1=O. The molecule has 0 aromatic heterocycles. The van der Waals surface area contributed by atoms with Crippen molar-refractivity contribution in [2.24, 2.45) is 11.1 Å². The predicted molar refractivity (Wildman–Crippen MR) is 37.7 cm³/mol. The van der Waals surface area contributed by atoms with E-state index < -0.39 is 11.8 Å². The summed E-state index contributed by atoms with van der Waals surface area (Å²) in [7, 11) is 0. The Bertz CT molecular complexity index is 232. The minimum absolute atomic E-state index is 0.211. The summed E-state index contributed by atoms with van der Waals surface area (Å²) >= 11 is 0. The molecule has 1 aliphatic carbocycles. The third-order valence-corrected chi connectivity index (χ3v) is 1.59. The van der Waals surface area contributed by atoms with Gasteiger partial charge in [0, 0.05) is 11.6 Å². The fourth-order valence-corrected chi connectivity index (χ4v) is 0.998. The molecule has 58 valence electrons. The highest BCUT2D eigenvalue weighted by molar-refractivity contribution is 6.04. The number of nitrogens with zero attached hydrogens (tertiary/aromatic N) is 1. The summed E-state index contributed by atoms with van der Waals surface area (Å²) in [5.74, 6) is -2.00. The van der Waals surface area contributed by atoms with E-state index >= 15 is 0 Å². The molecule has 0 aliphatic heterocycles. The van der Waals surface area contributed by atoms with Crippen molar-refractivity contribution < 1.29 is 9.59 Å². The van der Waals surface area contributed by atoms with Crippen LogP contribution in [0.15, 0.2) is 17.3 Å². The van der Waals surface area contributed by atoms with Gasteiger partial charge in [0.15, 0.2) is 0 Å². The van der Waals surface area contributed by atoms with Gasteiger partial charge in [-0.25, -0.2) is 0 Å². The van der Waals surface area contributed by atoms with Gasteiger partial charge in [-0.1, -0.05) is 12.2 Å². The summed E-state index contributed by atoms with van der Waals surface area (Å²) in [6.07, 6.45) is 4.15. The van der Waals surface area contributed by atoms with E-state index in [9.17, 15) is 14.5 Å². The Morgan fingerprint density at radius 2 is 2.36 bits per heavy atom. The summed E-state index contributed by atoms with van der Waals surface area (Å²) < 4.78 is 0. The van der Waals surface area contributed by atoms with Gasteiger partial charge in [0.2, 0.25) is 0 Å². The van der Waals surface area contributed by atoms with Gasteiger partial charge in [0.1, 0.15) is 11.7 Å². The molecule has 4 heteroatoms. The zero-order valence-corrected chi connectivity index (χ0v) is 5.82. The maximum atomic E-state index is 10.9. The average Bonchev–Trinajstić information content (AvgIpc) is 2.04. The van der Waals surface area contributed by atoms with Gasteiger partial charge < -0.3 is 0 Å². The number of amides is 1. The van der Waals surface area contributed by atoms with Crippen molar-refractivity contribution in [2.45, 2.75) is 12.8 Å². The second-order valence-electron chi connectivity index (χ2n) is 2.34. The molecule has 0 saturated heterocycles. The van der Waals surface area contributed by atoms with E-state index in [0.29, 0.717) is 12.8 Å². The first-order chi connectivity index (χ1) is 5.25. The van der Waals surface area contributed by atoms with Gasteiger partial charge in [-0.15, -0.1) is 4.91 Å². The quantitative estimate of drug-likeness (QED) is 0.318. The maximum Gasteiger partial charge on any atom is 0.300 e. The normalized spacial score (nSPS) is 23.3. The Hall–Kier alpha value is -1.32. The lowest BCUT2D eigenvalue weighted by atomic mass is 9.94. The van der Waals surface area contributed by atoms with Crippen LogP contribution in [0.5, 0.6) is 0 Å². The van der Waals surface area contributed by atoms with Crippen molar-refractivity contribution in [3.63, 3.8) is 0 Å². The number of nitroso groups, excluding NO2 is 1. The van der Waals surface area contributed by atoms with Crippen LogP contribution in [0.2, 0.25) is 0 Å². The van der Waals surface area contributed by atoms with Crippen molar-refractivity contribution in [2.75, 3.05) is 0 Å². The highest BCUT2D eigenvalue weighted by atomic mass is 16.3. The minimum atomic E-state index is -0.902. The third kappa shape index (κ3) is 1.58. The van der Waals surface area contributed by atoms with E-state index in [0.717, 1.165) is 0 Å². The second kappa shape index (κ2) is 3.18. The molecular formula is C7H7NO3. The smallest absolute Gasteiger partial charge is 0.298 e. The van der Waals surface area contributed by atoms with Crippen LogP contribution in [0.1, 0.15) is 12.8 Å². The number of carbonyl (C=O) groups is 2. The molecule has 11 heavy (non-hydrogen) atoms. The Morgan fingerprint density at radius 3 is 2.91 bits per heavy atom. The van der Waals surface area contributed by atoms with Gasteiger partial charge >= 0.3 is 5.91 Å². The second-order valence-corrected chi connectivity index (χ2v) is 2.34. The lowest BCUT2D eigenvalue weighted by molar-refractivity contribution is -0.130. The molecule has 0 bridgehead atoms. The summed E-state index contributed by atoms with van der Waals surface area (Å²) in [6.45, 7) is 0. The fourth-order valence-electron chi connectivity index (χ4n) is 0.998. The number of ketones is 1. The van der Waals surface area contributed by atoms with Crippen LogP contribution in [0.3, 0.4) is 0 Å². The summed E-state index contributed by atoms with van der Waals surface area (Å²) in [4.78, 5) is 31.3. The summed E-state index contributed by atoms with van der Waals surface area (Å²) in [5, 5.41) is 2.20. The molecule has 1 amide bonds. The molecule has 0 aromatic rings. The number of allylic oxidation sites excluding steroid dienone is 1. The number of rotatable bonds is 1. The number of Topliss-reactive ketones (excluding diaryl/α,β-unsaturated/α-hetero) is 1. The van der Waals surface area contributed by atoms with E-state index in [1.54, 1.807) is 6.08 Å². The van der Waals surface area contributed by atoms with Crippen molar-refractivity contribution in [3.05, 3.63) is 17.1 Å². The highest BCUT2D eigenvalue weighted by Crippen LogP contribution is 2.14. The van der Waals surface area contributed by atoms with Gasteiger partial charge in [-0.2, -0.15) is 0 Å². The van der Waals surface area contributed by atoms with Crippen molar-refractivity contribution in [1.82, 2.24) is 0 Å². The van der Waals surface area contributed by atoms with Crippen LogP contribution in [0.4, 0.5) is 0 Å². The molecule has 0 aromatic carbocycles. The van der Waals surface area contributed by atoms with E-state index in [2.05, 4.69) is 5.18 Å². The van der Waals surface area contributed by atoms with Crippen LogP contribution < -0.4 is 0 Å². The zero-order chi connectivity index (χ0) is 8.27. The number of carbonyl (C=O) groups excluding carboxylic acids is 2. The third-order valence-electron chi connectivity index (χ3n) is 1.59. The van der Waals surface area contributed by atoms with Gasteiger partial charge in [0.25, 0.3) is 0 Å². The largest absolute Gasteiger partial charge is 0.300 e. The lowest BCUT2D eigenvalue weighted by Gasteiger charge is -2.08. The molecule has 1 atom stereocenters. The van der Waals surface area contributed by atoms with Crippen LogP contribution in [-0.2, 0) is 9.59 Å². The molecule has 1 unspecified atom stereocenters. The van der Waals surface area contributed by atoms with Crippen molar-refractivity contribution in [1.29, 1.82) is 0 Å². The lowest BCUT2D eigenvalue weighted by Crippen LogP contribution is -2.22. The minimum Gasteiger partial charge on any atom is -0.298 e. The van der Waals surface area contributed by atoms with E-state index in [4.69, 9.17) is 0 Å². The molecule has 0 fully saturated rings. The molecule has 0 radical (unpaired) electrons. The molecule has 0 saturated carbocycles. The summed E-state index contributed by atoms with van der Waals surface area (Å²) in [5.41, 5.74) is 0. The molecular weight excluding hydrogens is 146 g/mol. The molecule has 0 spiro atoms. The van der Waals surface area contributed by atoms with Gasteiger partial charge in [-0.05, 0) is 6.42 Å². The van der Waals surface area contributed by atoms with E-state index in [1.807, 2.05) is 0 Å². The number of hydrogen-bond acceptors (Lipinski definition) is 3. The molecule has 0 N–H and O–H groups in total. The standard InChI is InChI=1S/C7H7NO3/c9-6-4-2-1-3-5(6)7(10)8-11/h1,3,5H,2,4H2. The van der Waals surface area contributed by atoms with Crippen LogP contribution in [0.25, 0.3) is 0 Å². The fraction of sp³-hybridized carbons (Fsp3) is 0.429. The van der Waals surface area contributed by atoms with E-state index in [-0.39, 0.29) is 5.78 Å². The first kappa shape index (κ1) is 7.78. The maximum absolute atomic E-state index is 10.9. The van der Waals surface area contributed by atoms with Crippen LogP contribution in [-0.4, -0.2) is 11.7 Å². The Morgan fingerprint density at radius 1 is 1.64 bits per heavy atom. The topological polar surface area (TPSA) is 63.6 Å². The Kier molecular flexibility index (Phi) is 2.25. The highest BCUT2D eigenvalue weighted by Gasteiger charge is 2.25. The van der Waals surface area contributed by atoms with Gasteiger partial charge in [-0.3, -0.25) is 9.59 Å². The average molecular weight is 153 g/mol. The van der Waals surface area contributed by atoms with E-state index in [1.165, 1.54) is 6.08 Å². The Balaban J connectivity index is 2.76. The van der Waals surface area contributed by atoms with Crippen molar-refractivity contribution >= 4 is 11.7 Å². The molecule has 1 aliphatic rings. The van der Waals surface area contributed by atoms with Crippen molar-refractivity contribution in [3.8, 4) is 0 Å². The summed E-state index contributed by atoms with van der Waals surface area (Å²) in [6, 6.07) is 0. The first-order valence-corrected chi connectivity index (χ1v) is 3.32. The Labute approximate surface area is 63.3 Å². The number of hydrogen-bond donors (Lipinski definition) is 0. The monoisotopic (exact) mass is 153 g/mol. The molecule has 4 nitrogen and oxygen atoms in total. The first-order valence-electron chi connectivity index (χ1n) is 3.32. The zero-order valence-electron chi connectivity index (χ0n) is 5.82. The predicted octanol–water partition coefficient (Wildman–Crippen LogP) is 0.815. The molecule has 1 rings (SSSR count). The molecule has 0 heterocycles.